The summed E-state index contributed by atoms with van der Waals surface area (Å²) in [5.74, 6) is -0.0271. The predicted octanol–water partition coefficient (Wildman–Crippen LogP) is 3.08. The molecule has 0 radical (unpaired) electrons. The summed E-state index contributed by atoms with van der Waals surface area (Å²) in [6.07, 6.45) is 1.50. The minimum absolute atomic E-state index is 0.0271. The number of H-pyrrole nitrogens is 1. The highest BCUT2D eigenvalue weighted by molar-refractivity contribution is 5.94. The quantitative estimate of drug-likeness (QED) is 0.763. The summed E-state index contributed by atoms with van der Waals surface area (Å²) in [5.41, 5.74) is 3.04. The van der Waals surface area contributed by atoms with Crippen molar-refractivity contribution in [3.05, 3.63) is 88.1 Å². The van der Waals surface area contributed by atoms with Crippen LogP contribution in [-0.2, 0) is 4.74 Å². The van der Waals surface area contributed by atoms with Crippen LogP contribution in [0.1, 0.15) is 34.6 Å². The van der Waals surface area contributed by atoms with Crippen molar-refractivity contribution >= 4 is 5.91 Å². The Balaban J connectivity index is 1.54. The Bertz CT molecular complexity index is 1020. The Labute approximate surface area is 163 Å². The van der Waals surface area contributed by atoms with Gasteiger partial charge < -0.3 is 14.6 Å². The van der Waals surface area contributed by atoms with E-state index in [0.717, 1.165) is 16.9 Å². The van der Waals surface area contributed by atoms with Crippen LogP contribution in [0, 0.1) is 6.92 Å². The Morgan fingerprint density at radius 3 is 2.43 bits per heavy atom. The fourth-order valence-electron chi connectivity index (χ4n) is 3.68. The zero-order chi connectivity index (χ0) is 19.7. The van der Waals surface area contributed by atoms with Gasteiger partial charge in [0.2, 0.25) is 0 Å². The van der Waals surface area contributed by atoms with Gasteiger partial charge in [-0.1, -0.05) is 30.3 Å². The number of benzene rings is 2. The van der Waals surface area contributed by atoms with Crippen LogP contribution in [0.15, 0.2) is 65.6 Å². The molecule has 1 aliphatic rings. The first kappa shape index (κ1) is 18.3. The number of rotatable bonds is 3. The molecule has 28 heavy (non-hydrogen) atoms. The van der Waals surface area contributed by atoms with Gasteiger partial charge in [0.25, 0.3) is 5.91 Å². The molecule has 6 nitrogen and oxygen atoms in total. The van der Waals surface area contributed by atoms with Crippen molar-refractivity contribution in [2.24, 2.45) is 0 Å². The highest BCUT2D eigenvalue weighted by Gasteiger charge is 2.29. The van der Waals surface area contributed by atoms with Gasteiger partial charge in [-0.3, -0.25) is 9.36 Å². The monoisotopic (exact) mass is 377 g/mol. The Morgan fingerprint density at radius 1 is 1.07 bits per heavy atom. The maximum atomic E-state index is 13.0. The van der Waals surface area contributed by atoms with Crippen LogP contribution >= 0.6 is 0 Å². The number of aromatic nitrogens is 2. The molecule has 2 unspecified atom stereocenters. The number of carbonyl (C=O) groups is 1. The molecule has 3 aromatic rings. The summed E-state index contributed by atoms with van der Waals surface area (Å²) >= 11 is 0. The molecule has 4 rings (SSSR count). The summed E-state index contributed by atoms with van der Waals surface area (Å²) in [4.78, 5) is 29.5. The maximum Gasteiger partial charge on any atom is 0.330 e. The number of aromatic amines is 1. The number of nitrogens with one attached hydrogen (secondary N) is 1. The van der Waals surface area contributed by atoms with E-state index in [-0.39, 0.29) is 23.8 Å². The third-order valence-electron chi connectivity index (χ3n) is 5.05. The van der Waals surface area contributed by atoms with Crippen molar-refractivity contribution in [2.75, 3.05) is 13.1 Å². The number of morpholine rings is 1. The lowest BCUT2D eigenvalue weighted by atomic mass is 10.1. The second kappa shape index (κ2) is 7.48. The van der Waals surface area contributed by atoms with Gasteiger partial charge in [-0.05, 0) is 43.7 Å². The minimum Gasteiger partial charge on any atom is -0.367 e. The van der Waals surface area contributed by atoms with Crippen molar-refractivity contribution in [1.82, 2.24) is 14.5 Å². The SMILES string of the molecule is Cc1c[nH]c(=O)n1-c1ccc(C(=O)N2CC(C)OC(c3ccccc3)C2)cc1. The van der Waals surface area contributed by atoms with Crippen molar-refractivity contribution in [2.45, 2.75) is 26.1 Å². The van der Waals surface area contributed by atoms with E-state index in [2.05, 4.69) is 4.98 Å². The molecule has 0 spiro atoms. The normalized spacial score (nSPS) is 19.6. The molecule has 0 saturated carbocycles. The van der Waals surface area contributed by atoms with Crippen molar-refractivity contribution in [3.63, 3.8) is 0 Å². The standard InChI is InChI=1S/C22H23N3O3/c1-15-12-23-22(27)25(15)19-10-8-18(9-11-19)21(26)24-13-16(2)28-20(14-24)17-6-4-3-5-7-17/h3-12,16,20H,13-14H2,1-2H3,(H,23,27). The van der Waals surface area contributed by atoms with Crippen molar-refractivity contribution < 1.29 is 9.53 Å². The Hall–Kier alpha value is -3.12. The first-order valence-electron chi connectivity index (χ1n) is 9.40. The smallest absolute Gasteiger partial charge is 0.330 e. The largest absolute Gasteiger partial charge is 0.367 e. The van der Waals surface area contributed by atoms with Gasteiger partial charge in [0.05, 0.1) is 18.3 Å². The predicted molar refractivity (Wildman–Crippen MR) is 107 cm³/mol. The molecule has 2 atom stereocenters. The van der Waals surface area contributed by atoms with E-state index in [4.69, 9.17) is 4.74 Å². The number of hydrogen-bond acceptors (Lipinski definition) is 3. The molecule has 1 aliphatic heterocycles. The summed E-state index contributed by atoms with van der Waals surface area (Å²) in [7, 11) is 0. The van der Waals surface area contributed by atoms with Gasteiger partial charge in [-0.2, -0.15) is 0 Å². The van der Waals surface area contributed by atoms with Crippen LogP contribution in [-0.4, -0.2) is 39.6 Å². The molecular weight excluding hydrogens is 354 g/mol. The molecule has 1 saturated heterocycles. The van der Waals surface area contributed by atoms with Gasteiger partial charge in [0, 0.05) is 24.0 Å². The zero-order valence-corrected chi connectivity index (χ0v) is 16.0. The Morgan fingerprint density at radius 2 is 1.79 bits per heavy atom. The van der Waals surface area contributed by atoms with Gasteiger partial charge in [0.15, 0.2) is 0 Å². The molecule has 0 aliphatic carbocycles. The van der Waals surface area contributed by atoms with Crippen LogP contribution in [0.25, 0.3) is 5.69 Å². The molecule has 1 fully saturated rings. The highest BCUT2D eigenvalue weighted by Crippen LogP contribution is 2.26. The number of hydrogen-bond donors (Lipinski definition) is 1. The molecule has 144 valence electrons. The van der Waals surface area contributed by atoms with Crippen LogP contribution in [0.5, 0.6) is 0 Å². The first-order valence-corrected chi connectivity index (χ1v) is 9.40. The topological polar surface area (TPSA) is 67.3 Å². The van der Waals surface area contributed by atoms with E-state index in [1.54, 1.807) is 35.0 Å². The summed E-state index contributed by atoms with van der Waals surface area (Å²) in [5, 5.41) is 0. The fourth-order valence-corrected chi connectivity index (χ4v) is 3.68. The number of aryl methyl sites for hydroxylation is 1. The molecule has 6 heteroatoms. The number of nitrogens with zero attached hydrogens (tertiary/aromatic N) is 2. The molecule has 0 bridgehead atoms. The summed E-state index contributed by atoms with van der Waals surface area (Å²) in [6.45, 7) is 4.92. The van der Waals surface area contributed by atoms with E-state index in [1.165, 1.54) is 0 Å². The van der Waals surface area contributed by atoms with E-state index >= 15 is 0 Å². The van der Waals surface area contributed by atoms with E-state index in [9.17, 15) is 9.59 Å². The Kier molecular flexibility index (Phi) is 4.88. The lowest BCUT2D eigenvalue weighted by molar-refractivity contribution is -0.0691. The lowest BCUT2D eigenvalue weighted by Gasteiger charge is -2.37. The summed E-state index contributed by atoms with van der Waals surface area (Å²) < 4.78 is 7.63. The van der Waals surface area contributed by atoms with E-state index in [0.29, 0.717) is 18.7 Å². The number of imidazole rings is 1. The highest BCUT2D eigenvalue weighted by atomic mass is 16.5. The number of ether oxygens (including phenoxy) is 1. The van der Waals surface area contributed by atoms with Gasteiger partial charge in [0.1, 0.15) is 6.10 Å². The molecule has 2 heterocycles. The van der Waals surface area contributed by atoms with Gasteiger partial charge in [-0.25, -0.2) is 4.79 Å². The van der Waals surface area contributed by atoms with Crippen molar-refractivity contribution in [3.8, 4) is 5.69 Å². The zero-order valence-electron chi connectivity index (χ0n) is 16.0. The third kappa shape index (κ3) is 3.51. The molecule has 1 aromatic heterocycles. The van der Waals surface area contributed by atoms with Crippen LogP contribution < -0.4 is 5.69 Å². The van der Waals surface area contributed by atoms with Crippen LogP contribution in [0.3, 0.4) is 0 Å². The molecule has 1 amide bonds. The molecule has 2 aromatic carbocycles. The third-order valence-corrected chi connectivity index (χ3v) is 5.05. The first-order chi connectivity index (χ1) is 13.5. The average molecular weight is 377 g/mol. The fraction of sp³-hybridized carbons (Fsp3) is 0.273. The van der Waals surface area contributed by atoms with E-state index < -0.39 is 0 Å². The summed E-state index contributed by atoms with van der Waals surface area (Å²) in [6, 6.07) is 17.1. The second-order valence-electron chi connectivity index (χ2n) is 7.17. The van der Waals surface area contributed by atoms with E-state index in [1.807, 2.05) is 49.1 Å². The number of amides is 1. The molecular formula is C22H23N3O3. The second-order valence-corrected chi connectivity index (χ2v) is 7.17. The minimum atomic E-state index is -0.190. The van der Waals surface area contributed by atoms with Gasteiger partial charge in [-0.15, -0.1) is 0 Å². The van der Waals surface area contributed by atoms with Crippen molar-refractivity contribution in [1.29, 1.82) is 0 Å². The van der Waals surface area contributed by atoms with Gasteiger partial charge >= 0.3 is 5.69 Å². The van der Waals surface area contributed by atoms with Crippen LogP contribution in [0.4, 0.5) is 0 Å². The lowest BCUT2D eigenvalue weighted by Crippen LogP contribution is -2.45. The number of carbonyl (C=O) groups excluding carboxylic acids is 1. The average Bonchev–Trinajstić information content (AvgIpc) is 3.06. The maximum absolute atomic E-state index is 13.0. The molecule has 1 N–H and O–H groups in total. The van der Waals surface area contributed by atoms with Crippen LogP contribution in [0.2, 0.25) is 0 Å².